The molecule has 92 valence electrons. The van der Waals surface area contributed by atoms with Crippen LogP contribution in [0.4, 0.5) is 0 Å². The molecule has 1 nitrogen and oxygen atoms in total. The van der Waals surface area contributed by atoms with Gasteiger partial charge in [0.05, 0.1) is 0 Å². The van der Waals surface area contributed by atoms with E-state index >= 15 is 0 Å². The van der Waals surface area contributed by atoms with E-state index in [1.807, 2.05) is 0 Å². The average Bonchev–Trinajstić information content (AvgIpc) is 2.33. The van der Waals surface area contributed by atoms with Gasteiger partial charge in [0.15, 0.2) is 0 Å². The molecular formula is C15H26O. The van der Waals surface area contributed by atoms with Crippen molar-refractivity contribution in [3.8, 4) is 0 Å². The molecule has 0 aromatic rings. The summed E-state index contributed by atoms with van der Waals surface area (Å²) < 4.78 is 0. The number of rotatable bonds is 2. The molecule has 0 spiro atoms. The van der Waals surface area contributed by atoms with Crippen LogP contribution in [0.25, 0.3) is 0 Å². The minimum atomic E-state index is 0.378. The van der Waals surface area contributed by atoms with Crippen molar-refractivity contribution in [2.45, 2.75) is 58.8 Å². The van der Waals surface area contributed by atoms with Crippen molar-refractivity contribution in [1.29, 1.82) is 0 Å². The first-order valence-corrected chi connectivity index (χ1v) is 7.17. The van der Waals surface area contributed by atoms with E-state index in [-0.39, 0.29) is 0 Å². The van der Waals surface area contributed by atoms with E-state index in [1.165, 1.54) is 44.8 Å². The van der Waals surface area contributed by atoms with Crippen molar-refractivity contribution < 1.29 is 4.79 Å². The zero-order valence-corrected chi connectivity index (χ0v) is 10.8. The summed E-state index contributed by atoms with van der Waals surface area (Å²) >= 11 is 0. The molecule has 5 unspecified atom stereocenters. The summed E-state index contributed by atoms with van der Waals surface area (Å²) in [6.07, 6.45) is 10.5. The minimum Gasteiger partial charge on any atom is -0.303 e. The number of carbonyl (C=O) groups excluding carboxylic acids is 1. The van der Waals surface area contributed by atoms with Crippen LogP contribution >= 0.6 is 0 Å². The molecule has 0 aliphatic heterocycles. The highest BCUT2D eigenvalue weighted by Crippen LogP contribution is 2.44. The molecule has 0 aromatic heterocycles. The Kier molecular flexibility index (Phi) is 4.05. The molecule has 16 heavy (non-hydrogen) atoms. The van der Waals surface area contributed by atoms with Crippen molar-refractivity contribution in [2.24, 2.45) is 29.6 Å². The van der Waals surface area contributed by atoms with Crippen molar-refractivity contribution in [2.75, 3.05) is 0 Å². The first-order valence-electron chi connectivity index (χ1n) is 7.17. The zero-order valence-electron chi connectivity index (χ0n) is 10.8. The topological polar surface area (TPSA) is 17.1 Å². The lowest BCUT2D eigenvalue weighted by molar-refractivity contribution is -0.112. The Balaban J connectivity index is 1.97. The van der Waals surface area contributed by atoms with Gasteiger partial charge in [-0.15, -0.1) is 0 Å². The number of hydrogen-bond acceptors (Lipinski definition) is 1. The fourth-order valence-electron chi connectivity index (χ4n) is 4.07. The summed E-state index contributed by atoms with van der Waals surface area (Å²) in [5.41, 5.74) is 0. The summed E-state index contributed by atoms with van der Waals surface area (Å²) in [5, 5.41) is 0. The fourth-order valence-corrected chi connectivity index (χ4v) is 4.07. The highest BCUT2D eigenvalue weighted by molar-refractivity contribution is 5.53. The second-order valence-electron chi connectivity index (χ2n) is 6.25. The molecule has 0 amide bonds. The van der Waals surface area contributed by atoms with Crippen molar-refractivity contribution in [3.05, 3.63) is 0 Å². The van der Waals surface area contributed by atoms with Gasteiger partial charge in [0.25, 0.3) is 0 Å². The maximum atomic E-state index is 10.9. The van der Waals surface area contributed by atoms with Crippen LogP contribution in [-0.4, -0.2) is 6.29 Å². The predicted molar refractivity (Wildman–Crippen MR) is 67.2 cm³/mol. The number of aldehydes is 1. The van der Waals surface area contributed by atoms with Gasteiger partial charge in [-0.05, 0) is 42.9 Å². The third-order valence-corrected chi connectivity index (χ3v) is 5.32. The van der Waals surface area contributed by atoms with Crippen molar-refractivity contribution in [3.63, 3.8) is 0 Å². The van der Waals surface area contributed by atoms with E-state index in [4.69, 9.17) is 0 Å². The highest BCUT2D eigenvalue weighted by Gasteiger charge is 2.35. The molecule has 0 aromatic carbocycles. The van der Waals surface area contributed by atoms with Gasteiger partial charge < -0.3 is 4.79 Å². The predicted octanol–water partition coefficient (Wildman–Crippen LogP) is 4.06. The lowest BCUT2D eigenvalue weighted by atomic mass is 9.64. The molecule has 2 rings (SSSR count). The molecular weight excluding hydrogens is 196 g/mol. The molecule has 2 saturated carbocycles. The highest BCUT2D eigenvalue weighted by atomic mass is 16.1. The summed E-state index contributed by atoms with van der Waals surface area (Å²) in [6.45, 7) is 4.86. The Labute approximate surface area is 100.0 Å². The lowest BCUT2D eigenvalue weighted by Gasteiger charge is -2.41. The van der Waals surface area contributed by atoms with E-state index in [9.17, 15) is 4.79 Å². The van der Waals surface area contributed by atoms with Gasteiger partial charge in [0, 0.05) is 5.92 Å². The number of hydrogen-bond donors (Lipinski definition) is 0. The van der Waals surface area contributed by atoms with Gasteiger partial charge in [0.1, 0.15) is 6.29 Å². The van der Waals surface area contributed by atoms with Crippen LogP contribution in [0.5, 0.6) is 0 Å². The van der Waals surface area contributed by atoms with Crippen molar-refractivity contribution >= 4 is 6.29 Å². The van der Waals surface area contributed by atoms with Crippen LogP contribution in [0, 0.1) is 29.6 Å². The molecule has 2 aliphatic carbocycles. The Hall–Kier alpha value is -0.330. The van der Waals surface area contributed by atoms with Crippen LogP contribution in [0.2, 0.25) is 0 Å². The van der Waals surface area contributed by atoms with Crippen LogP contribution in [-0.2, 0) is 4.79 Å². The Morgan fingerprint density at radius 1 is 1.00 bits per heavy atom. The minimum absolute atomic E-state index is 0.378. The van der Waals surface area contributed by atoms with E-state index in [1.54, 1.807) is 0 Å². The monoisotopic (exact) mass is 222 g/mol. The van der Waals surface area contributed by atoms with Gasteiger partial charge in [-0.1, -0.05) is 39.5 Å². The number of carbonyl (C=O) groups is 1. The molecule has 5 atom stereocenters. The normalized spacial score (nSPS) is 45.2. The molecule has 1 heteroatoms. The Morgan fingerprint density at radius 2 is 1.75 bits per heavy atom. The SMILES string of the molecule is CC1CCCC(C2CCCC(C=O)C2)C1C. The summed E-state index contributed by atoms with van der Waals surface area (Å²) in [7, 11) is 0. The first-order chi connectivity index (χ1) is 7.72. The average molecular weight is 222 g/mol. The molecule has 0 saturated heterocycles. The first kappa shape index (κ1) is 12.1. The summed E-state index contributed by atoms with van der Waals surface area (Å²) in [4.78, 5) is 10.9. The van der Waals surface area contributed by atoms with Crippen molar-refractivity contribution in [1.82, 2.24) is 0 Å². The maximum absolute atomic E-state index is 10.9. The van der Waals surface area contributed by atoms with E-state index in [0.717, 1.165) is 30.1 Å². The van der Waals surface area contributed by atoms with Gasteiger partial charge >= 0.3 is 0 Å². The zero-order chi connectivity index (χ0) is 11.5. The lowest BCUT2D eigenvalue weighted by Crippen LogP contribution is -2.33. The van der Waals surface area contributed by atoms with E-state index in [0.29, 0.717) is 5.92 Å². The van der Waals surface area contributed by atoms with Gasteiger partial charge in [-0.2, -0.15) is 0 Å². The Morgan fingerprint density at radius 3 is 2.50 bits per heavy atom. The largest absolute Gasteiger partial charge is 0.303 e. The fraction of sp³-hybridized carbons (Fsp3) is 0.933. The van der Waals surface area contributed by atoms with E-state index in [2.05, 4.69) is 13.8 Å². The summed E-state index contributed by atoms with van der Waals surface area (Å²) in [6, 6.07) is 0. The maximum Gasteiger partial charge on any atom is 0.123 e. The van der Waals surface area contributed by atoms with Crippen LogP contribution in [0.15, 0.2) is 0 Å². The molecule has 0 heterocycles. The second-order valence-corrected chi connectivity index (χ2v) is 6.25. The van der Waals surface area contributed by atoms with Gasteiger partial charge in [0.2, 0.25) is 0 Å². The molecule has 2 fully saturated rings. The molecule has 0 radical (unpaired) electrons. The Bertz CT molecular complexity index is 236. The van der Waals surface area contributed by atoms with Crippen LogP contribution in [0.3, 0.4) is 0 Å². The molecule has 0 N–H and O–H groups in total. The third kappa shape index (κ3) is 2.49. The quantitative estimate of drug-likeness (QED) is 0.644. The second kappa shape index (κ2) is 5.33. The van der Waals surface area contributed by atoms with Crippen LogP contribution < -0.4 is 0 Å². The summed E-state index contributed by atoms with van der Waals surface area (Å²) in [5.74, 6) is 3.91. The standard InChI is InChI=1S/C15H26O/c1-11-5-3-8-15(12(11)2)14-7-4-6-13(9-14)10-16/h10-15H,3-9H2,1-2H3. The molecule has 0 bridgehead atoms. The molecule has 2 aliphatic rings. The van der Waals surface area contributed by atoms with Crippen LogP contribution in [0.1, 0.15) is 58.8 Å². The smallest absolute Gasteiger partial charge is 0.123 e. The third-order valence-electron chi connectivity index (χ3n) is 5.32. The van der Waals surface area contributed by atoms with E-state index < -0.39 is 0 Å². The van der Waals surface area contributed by atoms with Gasteiger partial charge in [-0.3, -0.25) is 0 Å². The van der Waals surface area contributed by atoms with Gasteiger partial charge in [-0.25, -0.2) is 0 Å².